The maximum atomic E-state index is 12.4. The number of halogens is 2. The van der Waals surface area contributed by atoms with Crippen LogP contribution >= 0.6 is 23.2 Å². The fourth-order valence-corrected chi connectivity index (χ4v) is 3.36. The summed E-state index contributed by atoms with van der Waals surface area (Å²) in [5.74, 6) is -1.27. The van der Waals surface area contributed by atoms with Crippen LogP contribution in [0.1, 0.15) is 30.3 Å². The van der Waals surface area contributed by atoms with Crippen LogP contribution in [0.3, 0.4) is 0 Å². The third-order valence-electron chi connectivity index (χ3n) is 4.70. The lowest BCUT2D eigenvalue weighted by atomic mass is 9.97. The Balaban J connectivity index is 1.49. The topological polar surface area (TPSA) is 88.8 Å². The Kier molecular flexibility index (Phi) is 6.82. The first-order valence-electron chi connectivity index (χ1n) is 9.14. The molecule has 0 spiro atoms. The fraction of sp³-hybridized carbons (Fsp3) is 0.350. The largest absolute Gasteiger partial charge is 0.459 e. The molecule has 1 atom stereocenters. The molecule has 1 saturated heterocycles. The minimum absolute atomic E-state index is 0.201. The normalized spacial score (nSPS) is 15.6. The van der Waals surface area contributed by atoms with Crippen molar-refractivity contribution < 1.29 is 23.5 Å². The van der Waals surface area contributed by atoms with Crippen LogP contribution in [0.2, 0.25) is 10.0 Å². The standard InChI is InChI=1S/C20H20Cl2N2O5/c1-12(18(25)23-16-11-14(21)4-5-15(16)22)29-20(27)13-6-8-24(9-7-13)19(26)17-3-2-10-28-17/h2-5,10-13H,6-9H2,1H3,(H,23,25). The number of nitrogens with zero attached hydrogens (tertiary/aromatic N) is 1. The number of furan rings is 1. The van der Waals surface area contributed by atoms with Crippen molar-refractivity contribution >= 4 is 46.7 Å². The fourth-order valence-electron chi connectivity index (χ4n) is 3.03. The van der Waals surface area contributed by atoms with Gasteiger partial charge in [0.25, 0.3) is 11.8 Å². The third kappa shape index (κ3) is 5.31. The number of carbonyl (C=O) groups is 3. The molecule has 1 N–H and O–H groups in total. The summed E-state index contributed by atoms with van der Waals surface area (Å²) in [7, 11) is 0. The number of esters is 1. The van der Waals surface area contributed by atoms with E-state index >= 15 is 0 Å². The highest BCUT2D eigenvalue weighted by Crippen LogP contribution is 2.26. The first-order chi connectivity index (χ1) is 13.8. The van der Waals surface area contributed by atoms with Gasteiger partial charge in [0.1, 0.15) is 0 Å². The zero-order valence-corrected chi connectivity index (χ0v) is 17.2. The molecule has 3 rings (SSSR count). The molecule has 1 fully saturated rings. The molecule has 2 aromatic rings. The summed E-state index contributed by atoms with van der Waals surface area (Å²) in [6.07, 6.45) is 1.36. The number of ether oxygens (including phenoxy) is 1. The van der Waals surface area contributed by atoms with Gasteiger partial charge in [-0.15, -0.1) is 0 Å². The number of carbonyl (C=O) groups excluding carboxylic acids is 3. The van der Waals surface area contributed by atoms with E-state index in [9.17, 15) is 14.4 Å². The van der Waals surface area contributed by atoms with E-state index in [1.807, 2.05) is 0 Å². The van der Waals surface area contributed by atoms with Gasteiger partial charge in [0.15, 0.2) is 11.9 Å². The van der Waals surface area contributed by atoms with Crippen molar-refractivity contribution in [2.45, 2.75) is 25.9 Å². The number of piperidine rings is 1. The molecule has 1 aliphatic heterocycles. The molecule has 2 heterocycles. The molecule has 0 bridgehead atoms. The van der Waals surface area contributed by atoms with E-state index in [0.717, 1.165) is 0 Å². The van der Waals surface area contributed by atoms with Gasteiger partial charge in [0.05, 0.1) is 22.9 Å². The van der Waals surface area contributed by atoms with Gasteiger partial charge in [-0.25, -0.2) is 0 Å². The SMILES string of the molecule is CC(OC(=O)C1CCN(C(=O)c2ccco2)CC1)C(=O)Nc1cc(Cl)ccc1Cl. The summed E-state index contributed by atoms with van der Waals surface area (Å²) in [5, 5.41) is 3.35. The molecular weight excluding hydrogens is 419 g/mol. The van der Waals surface area contributed by atoms with Crippen LogP contribution in [0.5, 0.6) is 0 Å². The molecule has 1 aromatic heterocycles. The average Bonchev–Trinajstić information content (AvgIpc) is 3.25. The maximum absolute atomic E-state index is 12.4. The Morgan fingerprint density at radius 1 is 1.21 bits per heavy atom. The highest BCUT2D eigenvalue weighted by Gasteiger charge is 2.31. The molecule has 29 heavy (non-hydrogen) atoms. The Morgan fingerprint density at radius 3 is 2.59 bits per heavy atom. The molecule has 7 nitrogen and oxygen atoms in total. The third-order valence-corrected chi connectivity index (χ3v) is 5.26. The predicted octanol–water partition coefficient (Wildman–Crippen LogP) is 4.01. The van der Waals surface area contributed by atoms with Crippen LogP contribution in [0.15, 0.2) is 41.0 Å². The van der Waals surface area contributed by atoms with Gasteiger partial charge in [0, 0.05) is 18.1 Å². The van der Waals surface area contributed by atoms with E-state index in [1.165, 1.54) is 19.3 Å². The zero-order valence-electron chi connectivity index (χ0n) is 15.7. The molecule has 9 heteroatoms. The smallest absolute Gasteiger partial charge is 0.309 e. The van der Waals surface area contributed by atoms with Crippen LogP contribution in [0, 0.1) is 5.92 Å². The summed E-state index contributed by atoms with van der Waals surface area (Å²) in [5.41, 5.74) is 0.344. The number of hydrogen-bond donors (Lipinski definition) is 1. The van der Waals surface area contributed by atoms with Crippen LogP contribution in [0.25, 0.3) is 0 Å². The van der Waals surface area contributed by atoms with E-state index < -0.39 is 18.0 Å². The second-order valence-electron chi connectivity index (χ2n) is 6.74. The van der Waals surface area contributed by atoms with E-state index in [0.29, 0.717) is 41.7 Å². The number of rotatable bonds is 5. The lowest BCUT2D eigenvalue weighted by Gasteiger charge is -2.30. The number of likely N-dealkylation sites (tertiary alicyclic amines) is 1. The van der Waals surface area contributed by atoms with Gasteiger partial charge in [-0.3, -0.25) is 14.4 Å². The summed E-state index contributed by atoms with van der Waals surface area (Å²) in [6, 6.07) is 7.94. The van der Waals surface area contributed by atoms with Crippen molar-refractivity contribution in [3.63, 3.8) is 0 Å². The Morgan fingerprint density at radius 2 is 1.93 bits per heavy atom. The van der Waals surface area contributed by atoms with Crippen LogP contribution in [-0.4, -0.2) is 41.9 Å². The van der Waals surface area contributed by atoms with E-state index in [4.69, 9.17) is 32.4 Å². The van der Waals surface area contributed by atoms with Crippen LogP contribution in [-0.2, 0) is 14.3 Å². The molecule has 154 valence electrons. The van der Waals surface area contributed by atoms with Gasteiger partial charge in [-0.05, 0) is 50.1 Å². The average molecular weight is 439 g/mol. The quantitative estimate of drug-likeness (QED) is 0.712. The van der Waals surface area contributed by atoms with Crippen molar-refractivity contribution in [3.05, 3.63) is 52.4 Å². The van der Waals surface area contributed by atoms with E-state index in [2.05, 4.69) is 5.32 Å². The van der Waals surface area contributed by atoms with Crippen molar-refractivity contribution in [2.75, 3.05) is 18.4 Å². The Labute approximate surface area is 177 Å². The Bertz CT molecular complexity index is 892. The van der Waals surface area contributed by atoms with Crippen LogP contribution in [0.4, 0.5) is 5.69 Å². The van der Waals surface area contributed by atoms with Crippen molar-refractivity contribution in [1.82, 2.24) is 4.90 Å². The molecular formula is C20H20Cl2N2O5. The summed E-state index contributed by atoms with van der Waals surface area (Å²) < 4.78 is 10.4. The minimum Gasteiger partial charge on any atom is -0.459 e. The zero-order chi connectivity index (χ0) is 21.0. The molecule has 1 aliphatic rings. The Hall–Kier alpha value is -2.51. The number of anilines is 1. The first kappa shape index (κ1) is 21.2. The number of nitrogens with one attached hydrogen (secondary N) is 1. The monoisotopic (exact) mass is 438 g/mol. The van der Waals surface area contributed by atoms with E-state index in [-0.39, 0.29) is 17.6 Å². The second-order valence-corrected chi connectivity index (χ2v) is 7.58. The summed E-state index contributed by atoms with van der Waals surface area (Å²) >= 11 is 11.9. The van der Waals surface area contributed by atoms with Crippen LogP contribution < -0.4 is 5.32 Å². The molecule has 0 saturated carbocycles. The lowest BCUT2D eigenvalue weighted by molar-refractivity contribution is -0.158. The first-order valence-corrected chi connectivity index (χ1v) is 9.90. The predicted molar refractivity (Wildman–Crippen MR) is 108 cm³/mol. The molecule has 0 aliphatic carbocycles. The van der Waals surface area contributed by atoms with Gasteiger partial charge in [-0.1, -0.05) is 23.2 Å². The number of hydrogen-bond acceptors (Lipinski definition) is 5. The second kappa shape index (κ2) is 9.33. The number of benzene rings is 1. The molecule has 0 radical (unpaired) electrons. The van der Waals surface area contributed by atoms with Gasteiger partial charge >= 0.3 is 5.97 Å². The lowest BCUT2D eigenvalue weighted by Crippen LogP contribution is -2.41. The van der Waals surface area contributed by atoms with Crippen molar-refractivity contribution in [3.8, 4) is 0 Å². The van der Waals surface area contributed by atoms with Crippen molar-refractivity contribution in [2.24, 2.45) is 5.92 Å². The molecule has 1 unspecified atom stereocenters. The molecule has 1 aromatic carbocycles. The highest BCUT2D eigenvalue weighted by molar-refractivity contribution is 6.35. The van der Waals surface area contributed by atoms with E-state index in [1.54, 1.807) is 29.2 Å². The maximum Gasteiger partial charge on any atom is 0.309 e. The van der Waals surface area contributed by atoms with Gasteiger partial charge in [-0.2, -0.15) is 0 Å². The minimum atomic E-state index is -1.000. The van der Waals surface area contributed by atoms with Gasteiger partial charge < -0.3 is 19.4 Å². The number of amides is 2. The summed E-state index contributed by atoms with van der Waals surface area (Å²) in [6.45, 7) is 2.32. The van der Waals surface area contributed by atoms with Gasteiger partial charge in [0.2, 0.25) is 0 Å². The highest BCUT2D eigenvalue weighted by atomic mass is 35.5. The molecule has 2 amide bonds. The van der Waals surface area contributed by atoms with Crippen molar-refractivity contribution in [1.29, 1.82) is 0 Å². The summed E-state index contributed by atoms with van der Waals surface area (Å²) in [4.78, 5) is 38.6.